The number of hydrogen-bond acceptors (Lipinski definition) is 4. The molecule has 1 amide bonds. The fraction of sp³-hybridized carbons (Fsp3) is 0.0909. The van der Waals surface area contributed by atoms with E-state index in [1.165, 1.54) is 72.4 Å². The average molecular weight is 428 g/mol. The minimum atomic E-state index is -0.684. The number of hydrazone groups is 1. The smallest absolute Gasteiger partial charge is 0.275 e. The summed E-state index contributed by atoms with van der Waals surface area (Å²) in [6.45, 7) is 0. The molecule has 4 nitrogen and oxygen atoms in total. The van der Waals surface area contributed by atoms with Crippen LogP contribution in [0, 0.1) is 17.5 Å². The van der Waals surface area contributed by atoms with Gasteiger partial charge in [-0.2, -0.15) is 5.10 Å². The summed E-state index contributed by atoms with van der Waals surface area (Å²) in [5, 5.41) is 5.41. The fourth-order valence-corrected chi connectivity index (χ4v) is 4.22. The maximum Gasteiger partial charge on any atom is 0.275 e. The van der Waals surface area contributed by atoms with Crippen LogP contribution >= 0.6 is 11.8 Å². The van der Waals surface area contributed by atoms with Gasteiger partial charge in [-0.05, 0) is 54.6 Å². The van der Waals surface area contributed by atoms with Crippen molar-refractivity contribution in [2.45, 2.75) is 5.37 Å². The van der Waals surface area contributed by atoms with Gasteiger partial charge in [-0.3, -0.25) is 4.79 Å². The number of rotatable bonds is 4. The van der Waals surface area contributed by atoms with E-state index in [2.05, 4.69) is 5.10 Å². The van der Waals surface area contributed by atoms with Gasteiger partial charge in [0.15, 0.2) is 0 Å². The maximum atomic E-state index is 13.7. The van der Waals surface area contributed by atoms with Crippen LogP contribution in [0.15, 0.2) is 71.8 Å². The number of ether oxygens (including phenoxy) is 1. The molecule has 1 aliphatic rings. The lowest BCUT2D eigenvalue weighted by Gasteiger charge is -2.22. The number of thioether (sulfide) groups is 1. The second kappa shape index (κ2) is 8.23. The molecule has 0 radical (unpaired) electrons. The molecule has 30 heavy (non-hydrogen) atoms. The number of carbonyl (C=O) groups is 1. The molecular weight excluding hydrogens is 413 g/mol. The van der Waals surface area contributed by atoms with Gasteiger partial charge in [-0.15, -0.1) is 0 Å². The standard InChI is InChI=1S/C22H15F3N2O2S/c1-29-19-12-17(25)9-10-18(19)22-27(21(28)14-3-2-4-16(24)11-14)26-20(30-22)13-5-7-15(23)8-6-13/h2-12,22H,1H3. The molecule has 0 aromatic heterocycles. The van der Waals surface area contributed by atoms with Gasteiger partial charge in [0, 0.05) is 22.8 Å². The first kappa shape index (κ1) is 20.0. The Balaban J connectivity index is 1.78. The lowest BCUT2D eigenvalue weighted by molar-refractivity contribution is 0.0747. The van der Waals surface area contributed by atoms with E-state index < -0.39 is 28.7 Å². The highest BCUT2D eigenvalue weighted by molar-refractivity contribution is 8.14. The highest BCUT2D eigenvalue weighted by Crippen LogP contribution is 2.45. The van der Waals surface area contributed by atoms with Gasteiger partial charge in [0.2, 0.25) is 0 Å². The summed E-state index contributed by atoms with van der Waals surface area (Å²) in [5.74, 6) is -1.71. The van der Waals surface area contributed by atoms with Gasteiger partial charge in [0.25, 0.3) is 5.91 Å². The van der Waals surface area contributed by atoms with Gasteiger partial charge in [0.1, 0.15) is 33.6 Å². The SMILES string of the molecule is COc1cc(F)ccc1C1SC(c2ccc(F)cc2)=NN1C(=O)c1cccc(F)c1. The molecule has 1 unspecified atom stereocenters. The third-order valence-corrected chi connectivity index (χ3v) is 5.69. The number of halogens is 3. The Morgan fingerprint density at radius 3 is 2.37 bits per heavy atom. The van der Waals surface area contributed by atoms with E-state index in [0.29, 0.717) is 16.2 Å². The van der Waals surface area contributed by atoms with Crippen molar-refractivity contribution >= 4 is 22.7 Å². The third-order valence-electron chi connectivity index (χ3n) is 4.48. The number of amides is 1. The molecule has 152 valence electrons. The van der Waals surface area contributed by atoms with Crippen LogP contribution in [0.5, 0.6) is 5.75 Å². The van der Waals surface area contributed by atoms with Gasteiger partial charge in [-0.25, -0.2) is 18.2 Å². The van der Waals surface area contributed by atoms with Gasteiger partial charge in [-0.1, -0.05) is 17.8 Å². The Kier molecular flexibility index (Phi) is 5.50. The van der Waals surface area contributed by atoms with Crippen LogP contribution in [-0.4, -0.2) is 23.1 Å². The number of carbonyl (C=O) groups excluding carboxylic acids is 1. The minimum absolute atomic E-state index is 0.116. The lowest BCUT2D eigenvalue weighted by atomic mass is 10.1. The summed E-state index contributed by atoms with van der Waals surface area (Å²) in [4.78, 5) is 13.1. The van der Waals surface area contributed by atoms with Gasteiger partial charge < -0.3 is 4.74 Å². The molecule has 1 atom stereocenters. The molecule has 0 aliphatic carbocycles. The quantitative estimate of drug-likeness (QED) is 0.562. The monoisotopic (exact) mass is 428 g/mol. The molecular formula is C22H15F3N2O2S. The van der Waals surface area contributed by atoms with E-state index in [9.17, 15) is 18.0 Å². The normalized spacial score (nSPS) is 15.8. The van der Waals surface area contributed by atoms with Crippen LogP contribution in [0.1, 0.15) is 26.9 Å². The molecule has 4 rings (SSSR count). The maximum absolute atomic E-state index is 13.7. The Morgan fingerprint density at radius 2 is 1.67 bits per heavy atom. The zero-order chi connectivity index (χ0) is 21.3. The number of nitrogens with zero attached hydrogens (tertiary/aromatic N) is 2. The molecule has 0 spiro atoms. The Bertz CT molecular complexity index is 1140. The Morgan fingerprint density at radius 1 is 0.967 bits per heavy atom. The summed E-state index contributed by atoms with van der Waals surface area (Å²) in [5.41, 5.74) is 1.25. The molecule has 0 saturated heterocycles. The molecule has 0 N–H and O–H groups in total. The Labute approximate surface area is 175 Å². The summed E-state index contributed by atoms with van der Waals surface area (Å²) in [6.07, 6.45) is 0. The predicted molar refractivity (Wildman–Crippen MR) is 109 cm³/mol. The third kappa shape index (κ3) is 3.91. The molecule has 3 aromatic rings. The number of hydrogen-bond donors (Lipinski definition) is 0. The summed E-state index contributed by atoms with van der Waals surface area (Å²) in [6, 6.07) is 15.0. The van der Waals surface area contributed by atoms with E-state index in [4.69, 9.17) is 4.74 Å². The molecule has 0 bridgehead atoms. The van der Waals surface area contributed by atoms with Crippen molar-refractivity contribution in [3.05, 3.63) is 101 Å². The largest absolute Gasteiger partial charge is 0.496 e. The first-order valence-electron chi connectivity index (χ1n) is 8.90. The van der Waals surface area contributed by atoms with Crippen molar-refractivity contribution in [2.75, 3.05) is 7.11 Å². The van der Waals surface area contributed by atoms with Crippen molar-refractivity contribution in [2.24, 2.45) is 5.10 Å². The van der Waals surface area contributed by atoms with Crippen molar-refractivity contribution in [1.29, 1.82) is 0 Å². The number of benzene rings is 3. The van der Waals surface area contributed by atoms with Crippen LogP contribution in [0.2, 0.25) is 0 Å². The van der Waals surface area contributed by atoms with Crippen molar-refractivity contribution < 1.29 is 22.7 Å². The predicted octanol–water partition coefficient (Wildman–Crippen LogP) is 5.36. The molecule has 0 fully saturated rings. The topological polar surface area (TPSA) is 41.9 Å². The highest BCUT2D eigenvalue weighted by Gasteiger charge is 2.36. The van der Waals surface area contributed by atoms with Crippen LogP contribution < -0.4 is 4.74 Å². The summed E-state index contributed by atoms with van der Waals surface area (Å²) >= 11 is 1.23. The van der Waals surface area contributed by atoms with Crippen LogP contribution in [0.25, 0.3) is 0 Å². The molecule has 3 aromatic carbocycles. The zero-order valence-corrected chi connectivity index (χ0v) is 16.5. The summed E-state index contributed by atoms with van der Waals surface area (Å²) in [7, 11) is 1.40. The first-order valence-corrected chi connectivity index (χ1v) is 9.78. The molecule has 8 heteroatoms. The highest BCUT2D eigenvalue weighted by atomic mass is 32.2. The van der Waals surface area contributed by atoms with Crippen molar-refractivity contribution in [3.63, 3.8) is 0 Å². The van der Waals surface area contributed by atoms with E-state index in [-0.39, 0.29) is 11.3 Å². The lowest BCUT2D eigenvalue weighted by Crippen LogP contribution is -2.26. The molecule has 1 heterocycles. The van der Waals surface area contributed by atoms with E-state index in [1.807, 2.05) is 0 Å². The molecule has 0 saturated carbocycles. The Hall–Kier alpha value is -3.26. The fourth-order valence-electron chi connectivity index (χ4n) is 3.04. The van der Waals surface area contributed by atoms with E-state index >= 15 is 0 Å². The number of methoxy groups -OCH3 is 1. The summed E-state index contributed by atoms with van der Waals surface area (Å²) < 4.78 is 46.0. The second-order valence-electron chi connectivity index (χ2n) is 6.43. The van der Waals surface area contributed by atoms with Crippen LogP contribution in [-0.2, 0) is 0 Å². The van der Waals surface area contributed by atoms with E-state index in [1.54, 1.807) is 12.1 Å². The average Bonchev–Trinajstić information content (AvgIpc) is 3.18. The van der Waals surface area contributed by atoms with Crippen LogP contribution in [0.4, 0.5) is 13.2 Å². The first-order chi connectivity index (χ1) is 14.5. The molecule has 1 aliphatic heterocycles. The van der Waals surface area contributed by atoms with E-state index in [0.717, 1.165) is 6.07 Å². The van der Waals surface area contributed by atoms with Gasteiger partial charge in [0.05, 0.1) is 7.11 Å². The van der Waals surface area contributed by atoms with Crippen molar-refractivity contribution in [3.8, 4) is 5.75 Å². The van der Waals surface area contributed by atoms with Crippen LogP contribution in [0.3, 0.4) is 0 Å². The second-order valence-corrected chi connectivity index (χ2v) is 7.50. The van der Waals surface area contributed by atoms with Gasteiger partial charge >= 0.3 is 0 Å². The minimum Gasteiger partial charge on any atom is -0.496 e. The zero-order valence-electron chi connectivity index (χ0n) is 15.7. The van der Waals surface area contributed by atoms with Crippen molar-refractivity contribution in [1.82, 2.24) is 5.01 Å².